The number of piperazine rings is 1. The molecule has 0 amide bonds. The molecule has 0 atom stereocenters. The highest BCUT2D eigenvalue weighted by Crippen LogP contribution is 2.25. The van der Waals surface area contributed by atoms with Crippen molar-refractivity contribution in [3.05, 3.63) is 47.2 Å². The molecule has 26 heavy (non-hydrogen) atoms. The summed E-state index contributed by atoms with van der Waals surface area (Å²) in [6, 6.07) is 7.44. The van der Waals surface area contributed by atoms with E-state index < -0.39 is 0 Å². The van der Waals surface area contributed by atoms with Crippen LogP contribution in [0.5, 0.6) is 5.75 Å². The van der Waals surface area contributed by atoms with Crippen LogP contribution in [-0.2, 0) is 6.54 Å². The molecule has 0 bridgehead atoms. The predicted molar refractivity (Wildman–Crippen MR) is 115 cm³/mol. The van der Waals surface area contributed by atoms with Crippen LogP contribution in [0.25, 0.3) is 0 Å². The van der Waals surface area contributed by atoms with Gasteiger partial charge in [0.1, 0.15) is 5.75 Å². The molecule has 0 spiro atoms. The summed E-state index contributed by atoms with van der Waals surface area (Å²) in [6.45, 7) is 3.69. The van der Waals surface area contributed by atoms with Gasteiger partial charge in [-0.25, -0.2) is 15.0 Å². The Balaban J connectivity index is 0.00000243. The number of benzene rings is 1. The highest BCUT2D eigenvalue weighted by Gasteiger charge is 2.19. The fourth-order valence-corrected chi connectivity index (χ4v) is 2.95. The molecule has 2 N–H and O–H groups in total. The Labute approximate surface area is 175 Å². The quantitative estimate of drug-likeness (QED) is 0.404. The molecule has 0 aliphatic carbocycles. The van der Waals surface area contributed by atoms with Crippen LogP contribution in [0.4, 0.5) is 5.95 Å². The molecule has 0 unspecified atom stereocenters. The largest absolute Gasteiger partial charge is 0.495 e. The number of halogens is 2. The van der Waals surface area contributed by atoms with Gasteiger partial charge in [-0.2, -0.15) is 0 Å². The molecular weight excluding hydrogens is 467 g/mol. The Morgan fingerprint density at radius 2 is 1.92 bits per heavy atom. The van der Waals surface area contributed by atoms with Gasteiger partial charge in [0, 0.05) is 38.6 Å². The minimum atomic E-state index is 0. The predicted octanol–water partition coefficient (Wildman–Crippen LogP) is 2.39. The number of anilines is 1. The number of guanidine groups is 1. The molecule has 3 rings (SSSR count). The summed E-state index contributed by atoms with van der Waals surface area (Å²) in [5.41, 5.74) is 7.13. The molecule has 1 fully saturated rings. The molecule has 1 saturated heterocycles. The Hall–Kier alpha value is -1.81. The molecule has 1 aromatic heterocycles. The topological polar surface area (TPSA) is 79.9 Å². The van der Waals surface area contributed by atoms with Crippen molar-refractivity contribution in [2.75, 3.05) is 38.2 Å². The van der Waals surface area contributed by atoms with Crippen molar-refractivity contribution in [2.24, 2.45) is 10.7 Å². The molecular formula is C17H22ClIN6O. The monoisotopic (exact) mass is 488 g/mol. The van der Waals surface area contributed by atoms with Gasteiger partial charge >= 0.3 is 0 Å². The van der Waals surface area contributed by atoms with Gasteiger partial charge in [0.15, 0.2) is 5.96 Å². The van der Waals surface area contributed by atoms with Gasteiger partial charge in [-0.15, -0.1) is 24.0 Å². The number of aromatic nitrogens is 2. The van der Waals surface area contributed by atoms with Gasteiger partial charge < -0.3 is 20.3 Å². The minimum absolute atomic E-state index is 0. The van der Waals surface area contributed by atoms with Crippen LogP contribution in [0, 0.1) is 0 Å². The van der Waals surface area contributed by atoms with Crippen molar-refractivity contribution >= 4 is 47.5 Å². The fraction of sp³-hybridized carbons (Fsp3) is 0.353. The third-order valence-corrected chi connectivity index (χ3v) is 4.37. The van der Waals surface area contributed by atoms with Gasteiger partial charge in [0.2, 0.25) is 5.95 Å². The number of hydrogen-bond donors (Lipinski definition) is 1. The van der Waals surface area contributed by atoms with Crippen LogP contribution in [0.15, 0.2) is 41.7 Å². The number of hydrogen-bond acceptors (Lipinski definition) is 5. The fourth-order valence-electron chi connectivity index (χ4n) is 2.67. The number of nitrogens with zero attached hydrogens (tertiary/aromatic N) is 5. The lowest BCUT2D eigenvalue weighted by molar-refractivity contribution is 0.378. The van der Waals surface area contributed by atoms with E-state index in [4.69, 9.17) is 22.1 Å². The molecule has 1 aromatic carbocycles. The zero-order valence-corrected chi connectivity index (χ0v) is 17.6. The third-order valence-electron chi connectivity index (χ3n) is 4.08. The molecule has 2 aromatic rings. The first-order valence-electron chi connectivity index (χ1n) is 8.06. The Bertz CT molecular complexity index is 737. The van der Waals surface area contributed by atoms with Crippen molar-refractivity contribution in [2.45, 2.75) is 6.54 Å². The molecule has 0 radical (unpaired) electrons. The smallest absolute Gasteiger partial charge is 0.225 e. The molecule has 7 nitrogen and oxygen atoms in total. The number of aliphatic imine (C=N–C) groups is 1. The SMILES string of the molecule is COc1ccc(CN=C(N)N2CCN(c3ncccn3)CC2)cc1Cl.I. The summed E-state index contributed by atoms with van der Waals surface area (Å²) in [5.74, 6) is 1.95. The van der Waals surface area contributed by atoms with Gasteiger partial charge in [-0.3, -0.25) is 0 Å². The maximum atomic E-state index is 6.14. The summed E-state index contributed by atoms with van der Waals surface area (Å²) >= 11 is 6.14. The number of methoxy groups -OCH3 is 1. The highest BCUT2D eigenvalue weighted by atomic mass is 127. The van der Waals surface area contributed by atoms with E-state index in [0.29, 0.717) is 23.3 Å². The summed E-state index contributed by atoms with van der Waals surface area (Å²) in [6.07, 6.45) is 3.51. The molecule has 1 aliphatic heterocycles. The van der Waals surface area contributed by atoms with E-state index in [9.17, 15) is 0 Å². The number of rotatable bonds is 4. The maximum Gasteiger partial charge on any atom is 0.225 e. The second-order valence-corrected chi connectivity index (χ2v) is 6.07. The lowest BCUT2D eigenvalue weighted by Crippen LogP contribution is -2.51. The summed E-state index contributed by atoms with van der Waals surface area (Å²) in [5, 5.41) is 0.574. The normalized spacial score (nSPS) is 14.8. The second kappa shape index (κ2) is 9.77. The van der Waals surface area contributed by atoms with Gasteiger partial charge in [-0.05, 0) is 23.8 Å². The van der Waals surface area contributed by atoms with Crippen LogP contribution in [-0.4, -0.2) is 54.1 Å². The zero-order chi connectivity index (χ0) is 17.6. The van der Waals surface area contributed by atoms with Crippen molar-refractivity contribution in [1.82, 2.24) is 14.9 Å². The Morgan fingerprint density at radius 3 is 2.54 bits per heavy atom. The first-order valence-corrected chi connectivity index (χ1v) is 8.44. The number of nitrogens with two attached hydrogens (primary N) is 1. The van der Waals surface area contributed by atoms with E-state index >= 15 is 0 Å². The standard InChI is InChI=1S/C17H21ClN6O.HI/c1-25-15-4-3-13(11-14(15)18)12-22-16(19)23-7-9-24(10-8-23)17-20-5-2-6-21-17;/h2-6,11H,7-10,12H2,1H3,(H2,19,22);1H. The van der Waals surface area contributed by atoms with E-state index in [-0.39, 0.29) is 24.0 Å². The minimum Gasteiger partial charge on any atom is -0.495 e. The van der Waals surface area contributed by atoms with E-state index in [2.05, 4.69) is 24.8 Å². The van der Waals surface area contributed by atoms with E-state index in [1.165, 1.54) is 0 Å². The summed E-state index contributed by atoms with van der Waals surface area (Å²) in [4.78, 5) is 17.3. The van der Waals surface area contributed by atoms with Crippen LogP contribution in [0.2, 0.25) is 5.02 Å². The summed E-state index contributed by atoms with van der Waals surface area (Å²) in [7, 11) is 1.59. The van der Waals surface area contributed by atoms with E-state index in [1.807, 2.05) is 24.3 Å². The lowest BCUT2D eigenvalue weighted by Gasteiger charge is -2.35. The molecule has 0 saturated carbocycles. The van der Waals surface area contributed by atoms with Gasteiger partial charge in [-0.1, -0.05) is 17.7 Å². The third kappa shape index (κ3) is 5.10. The van der Waals surface area contributed by atoms with Crippen LogP contribution >= 0.6 is 35.6 Å². The second-order valence-electron chi connectivity index (χ2n) is 5.67. The van der Waals surface area contributed by atoms with Crippen LogP contribution in [0.1, 0.15) is 5.56 Å². The van der Waals surface area contributed by atoms with Crippen molar-refractivity contribution in [3.63, 3.8) is 0 Å². The first-order chi connectivity index (χ1) is 12.2. The van der Waals surface area contributed by atoms with Crippen molar-refractivity contribution in [3.8, 4) is 5.75 Å². The summed E-state index contributed by atoms with van der Waals surface area (Å²) < 4.78 is 5.15. The van der Waals surface area contributed by atoms with Crippen LogP contribution < -0.4 is 15.4 Å². The van der Waals surface area contributed by atoms with E-state index in [0.717, 1.165) is 37.7 Å². The van der Waals surface area contributed by atoms with Crippen molar-refractivity contribution in [1.29, 1.82) is 0 Å². The van der Waals surface area contributed by atoms with Crippen molar-refractivity contribution < 1.29 is 4.74 Å². The number of ether oxygens (including phenoxy) is 1. The van der Waals surface area contributed by atoms with Gasteiger partial charge in [0.05, 0.1) is 18.7 Å². The molecule has 9 heteroatoms. The average Bonchev–Trinajstić information content (AvgIpc) is 2.67. The molecule has 2 heterocycles. The zero-order valence-electron chi connectivity index (χ0n) is 14.5. The Kier molecular flexibility index (Phi) is 7.70. The molecule has 1 aliphatic rings. The molecule has 140 valence electrons. The first kappa shape index (κ1) is 20.5. The highest BCUT2D eigenvalue weighted by molar-refractivity contribution is 14.0. The maximum absolute atomic E-state index is 6.14. The van der Waals surface area contributed by atoms with Gasteiger partial charge in [0.25, 0.3) is 0 Å². The lowest BCUT2D eigenvalue weighted by atomic mass is 10.2. The Morgan fingerprint density at radius 1 is 1.23 bits per heavy atom. The van der Waals surface area contributed by atoms with E-state index in [1.54, 1.807) is 19.5 Å². The van der Waals surface area contributed by atoms with Crippen LogP contribution in [0.3, 0.4) is 0 Å². The average molecular weight is 489 g/mol.